The molecule has 134 valence electrons. The number of hydrogen-bond acceptors (Lipinski definition) is 5. The molecule has 0 saturated carbocycles. The first-order chi connectivity index (χ1) is 12.1. The smallest absolute Gasteiger partial charge is 0.223 e. The molecule has 1 aliphatic rings. The molecule has 3 rings (SSSR count). The lowest BCUT2D eigenvalue weighted by molar-refractivity contribution is -0.132. The van der Waals surface area contributed by atoms with Crippen LogP contribution in [0.5, 0.6) is 5.75 Å². The van der Waals surface area contributed by atoms with Gasteiger partial charge in [0.15, 0.2) is 5.82 Å². The van der Waals surface area contributed by atoms with Gasteiger partial charge >= 0.3 is 0 Å². The van der Waals surface area contributed by atoms with Gasteiger partial charge in [0, 0.05) is 32.4 Å². The number of hydrogen-bond donors (Lipinski definition) is 0. The van der Waals surface area contributed by atoms with E-state index in [0.717, 1.165) is 37.4 Å². The zero-order valence-electron chi connectivity index (χ0n) is 14.9. The summed E-state index contributed by atoms with van der Waals surface area (Å²) in [6, 6.07) is 7.96. The van der Waals surface area contributed by atoms with E-state index >= 15 is 0 Å². The number of benzene rings is 1. The summed E-state index contributed by atoms with van der Waals surface area (Å²) in [5.41, 5.74) is 1.17. The van der Waals surface area contributed by atoms with Crippen molar-refractivity contribution in [1.82, 2.24) is 15.0 Å². The highest BCUT2D eigenvalue weighted by atomic mass is 16.5. The molecule has 1 saturated heterocycles. The van der Waals surface area contributed by atoms with E-state index in [1.165, 1.54) is 5.56 Å². The van der Waals surface area contributed by atoms with Crippen LogP contribution in [0.2, 0.25) is 0 Å². The lowest BCUT2D eigenvalue weighted by atomic mass is 9.97. The predicted molar refractivity (Wildman–Crippen MR) is 93.5 cm³/mol. The summed E-state index contributed by atoms with van der Waals surface area (Å²) < 4.78 is 10.8. The van der Waals surface area contributed by atoms with Crippen LogP contribution in [-0.2, 0) is 4.79 Å². The normalized spacial score (nSPS) is 17.5. The van der Waals surface area contributed by atoms with Crippen molar-refractivity contribution >= 4 is 5.91 Å². The van der Waals surface area contributed by atoms with Crippen LogP contribution >= 0.6 is 0 Å². The molecule has 1 aromatic carbocycles. The minimum absolute atomic E-state index is 0.178. The van der Waals surface area contributed by atoms with Gasteiger partial charge in [-0.2, -0.15) is 4.98 Å². The van der Waals surface area contributed by atoms with Gasteiger partial charge in [0.25, 0.3) is 0 Å². The number of carbonyl (C=O) groups excluding carboxylic acids is 1. The molecule has 0 N–H and O–H groups in total. The van der Waals surface area contributed by atoms with Crippen LogP contribution in [0.4, 0.5) is 0 Å². The van der Waals surface area contributed by atoms with Crippen LogP contribution < -0.4 is 4.74 Å². The van der Waals surface area contributed by atoms with Gasteiger partial charge in [0.2, 0.25) is 11.8 Å². The van der Waals surface area contributed by atoms with E-state index < -0.39 is 0 Å². The monoisotopic (exact) mass is 343 g/mol. The van der Waals surface area contributed by atoms with Crippen molar-refractivity contribution in [2.75, 3.05) is 19.7 Å². The third kappa shape index (κ3) is 4.81. The average molecular weight is 343 g/mol. The van der Waals surface area contributed by atoms with Crippen LogP contribution in [0.25, 0.3) is 0 Å². The van der Waals surface area contributed by atoms with Crippen molar-refractivity contribution in [1.29, 1.82) is 0 Å². The fraction of sp³-hybridized carbons (Fsp3) is 0.526. The van der Waals surface area contributed by atoms with Gasteiger partial charge in [-0.15, -0.1) is 0 Å². The van der Waals surface area contributed by atoms with Gasteiger partial charge in [0.1, 0.15) is 5.75 Å². The summed E-state index contributed by atoms with van der Waals surface area (Å²) >= 11 is 0. The van der Waals surface area contributed by atoms with Crippen molar-refractivity contribution < 1.29 is 14.1 Å². The minimum Gasteiger partial charge on any atom is -0.494 e. The molecule has 0 radical (unpaired) electrons. The lowest BCUT2D eigenvalue weighted by Crippen LogP contribution is -2.39. The number of nitrogens with zero attached hydrogens (tertiary/aromatic N) is 3. The van der Waals surface area contributed by atoms with Crippen LogP contribution in [0.1, 0.15) is 48.9 Å². The highest BCUT2D eigenvalue weighted by Crippen LogP contribution is 2.25. The summed E-state index contributed by atoms with van der Waals surface area (Å²) in [5, 5.41) is 4.01. The molecular weight excluding hydrogens is 318 g/mol. The first-order valence-electron chi connectivity index (χ1n) is 8.89. The molecule has 1 amide bonds. The second-order valence-corrected chi connectivity index (χ2v) is 6.62. The number of amides is 1. The van der Waals surface area contributed by atoms with E-state index in [9.17, 15) is 4.79 Å². The Labute approximate surface area is 148 Å². The van der Waals surface area contributed by atoms with Crippen molar-refractivity contribution in [3.63, 3.8) is 0 Å². The van der Waals surface area contributed by atoms with Crippen molar-refractivity contribution in [2.24, 2.45) is 0 Å². The molecule has 1 fully saturated rings. The van der Waals surface area contributed by atoms with Crippen molar-refractivity contribution in [3.05, 3.63) is 41.5 Å². The summed E-state index contributed by atoms with van der Waals surface area (Å²) in [6.45, 7) is 5.86. The molecule has 0 unspecified atom stereocenters. The Kier molecular flexibility index (Phi) is 5.68. The Bertz CT molecular complexity index is 713. The van der Waals surface area contributed by atoms with Gasteiger partial charge in [-0.1, -0.05) is 17.3 Å². The number of ether oxygens (including phenoxy) is 1. The Morgan fingerprint density at radius 2 is 2.28 bits per heavy atom. The molecule has 0 bridgehead atoms. The van der Waals surface area contributed by atoms with E-state index in [0.29, 0.717) is 25.5 Å². The molecule has 0 aliphatic carbocycles. The Balaban J connectivity index is 1.43. The number of piperidine rings is 1. The zero-order valence-corrected chi connectivity index (χ0v) is 14.9. The zero-order chi connectivity index (χ0) is 17.6. The van der Waals surface area contributed by atoms with Crippen LogP contribution in [-0.4, -0.2) is 40.6 Å². The Morgan fingerprint density at radius 3 is 3.04 bits per heavy atom. The quantitative estimate of drug-likeness (QED) is 0.753. The number of carbonyl (C=O) groups is 1. The van der Waals surface area contributed by atoms with Crippen LogP contribution in [0, 0.1) is 13.8 Å². The van der Waals surface area contributed by atoms with E-state index in [4.69, 9.17) is 9.26 Å². The number of likely N-dealkylation sites (tertiary alicyclic amines) is 1. The molecular formula is C19H25N3O3. The third-order valence-corrected chi connectivity index (χ3v) is 4.48. The molecule has 25 heavy (non-hydrogen) atoms. The predicted octanol–water partition coefficient (Wildman–Crippen LogP) is 3.25. The maximum absolute atomic E-state index is 12.5. The molecule has 1 aliphatic heterocycles. The van der Waals surface area contributed by atoms with Crippen LogP contribution in [0.3, 0.4) is 0 Å². The van der Waals surface area contributed by atoms with E-state index in [1.807, 2.05) is 36.1 Å². The molecule has 1 aromatic heterocycles. The van der Waals surface area contributed by atoms with E-state index in [1.54, 1.807) is 6.92 Å². The molecule has 1 atom stereocenters. The second kappa shape index (κ2) is 8.14. The third-order valence-electron chi connectivity index (χ3n) is 4.48. The Hall–Kier alpha value is -2.37. The van der Waals surface area contributed by atoms with Gasteiger partial charge < -0.3 is 14.2 Å². The first-order valence-corrected chi connectivity index (χ1v) is 8.89. The number of aryl methyl sites for hydroxylation is 2. The lowest BCUT2D eigenvalue weighted by Gasteiger charge is -2.31. The maximum atomic E-state index is 12.5. The van der Waals surface area contributed by atoms with Gasteiger partial charge in [-0.3, -0.25) is 4.79 Å². The SMILES string of the molecule is Cc1cccc(OCCCC(=O)N2CCC[C@@H](c3noc(C)n3)C2)c1. The maximum Gasteiger partial charge on any atom is 0.223 e. The largest absolute Gasteiger partial charge is 0.494 e. The fourth-order valence-electron chi connectivity index (χ4n) is 3.17. The van der Waals surface area contributed by atoms with Gasteiger partial charge in [0.05, 0.1) is 6.61 Å². The first kappa shape index (κ1) is 17.5. The minimum atomic E-state index is 0.178. The molecule has 6 heteroatoms. The summed E-state index contributed by atoms with van der Waals surface area (Å²) in [7, 11) is 0. The second-order valence-electron chi connectivity index (χ2n) is 6.62. The topological polar surface area (TPSA) is 68.5 Å². The summed E-state index contributed by atoms with van der Waals surface area (Å²) in [6.07, 6.45) is 3.20. The highest BCUT2D eigenvalue weighted by molar-refractivity contribution is 5.76. The van der Waals surface area contributed by atoms with Crippen molar-refractivity contribution in [2.45, 2.75) is 45.4 Å². The standard InChI is InChI=1S/C19H25N3O3/c1-14-6-3-8-17(12-14)24-11-5-9-18(23)22-10-4-7-16(13-22)19-20-15(2)25-21-19/h3,6,8,12,16H,4-5,7,9-11,13H2,1-2H3/t16-/m1/s1. The molecule has 6 nitrogen and oxygen atoms in total. The van der Waals surface area contributed by atoms with Crippen molar-refractivity contribution in [3.8, 4) is 5.75 Å². The van der Waals surface area contributed by atoms with Gasteiger partial charge in [-0.25, -0.2) is 0 Å². The van der Waals surface area contributed by atoms with Crippen LogP contribution in [0.15, 0.2) is 28.8 Å². The van der Waals surface area contributed by atoms with Gasteiger partial charge in [-0.05, 0) is 43.9 Å². The molecule has 2 aromatic rings. The average Bonchev–Trinajstić information content (AvgIpc) is 3.05. The summed E-state index contributed by atoms with van der Waals surface area (Å²) in [5.74, 6) is 2.51. The van der Waals surface area contributed by atoms with E-state index in [2.05, 4.69) is 10.1 Å². The summed E-state index contributed by atoms with van der Waals surface area (Å²) in [4.78, 5) is 18.7. The van der Waals surface area contributed by atoms with E-state index in [-0.39, 0.29) is 11.8 Å². The Morgan fingerprint density at radius 1 is 1.40 bits per heavy atom. The molecule has 0 spiro atoms. The molecule has 2 heterocycles. The number of rotatable bonds is 6. The number of aromatic nitrogens is 2. The fourth-order valence-corrected chi connectivity index (χ4v) is 3.17. The highest BCUT2D eigenvalue weighted by Gasteiger charge is 2.27.